The number of alkyl halides is 1. The first kappa shape index (κ1) is 13.5. The fraction of sp³-hybridized carbons (Fsp3) is 0.625. The third-order valence-electron chi connectivity index (χ3n) is 4.02. The summed E-state index contributed by atoms with van der Waals surface area (Å²) < 4.78 is 14.4. The molecule has 0 saturated carbocycles. The molecule has 0 amide bonds. The minimum atomic E-state index is -0.759. The van der Waals surface area contributed by atoms with Crippen molar-refractivity contribution in [2.24, 2.45) is 0 Å². The number of halogens is 1. The first-order valence-corrected chi connectivity index (χ1v) is 7.02. The highest BCUT2D eigenvalue weighted by Gasteiger charge is 2.24. The molecule has 1 saturated heterocycles. The first-order valence-electron chi connectivity index (χ1n) is 7.02. The number of nitrogens with one attached hydrogen (secondary N) is 1. The van der Waals surface area contributed by atoms with Crippen LogP contribution in [0.1, 0.15) is 41.5 Å². The van der Waals surface area contributed by atoms with Crippen molar-refractivity contribution in [3.05, 3.63) is 34.4 Å². The molecule has 0 bridgehead atoms. The van der Waals surface area contributed by atoms with Crippen LogP contribution in [0.15, 0.2) is 12.1 Å². The summed E-state index contributed by atoms with van der Waals surface area (Å²) in [7, 11) is 0. The van der Waals surface area contributed by atoms with Crippen LogP contribution in [-0.4, -0.2) is 18.8 Å². The number of aryl methyl sites for hydroxylation is 3. The Morgan fingerprint density at radius 1 is 1.22 bits per heavy atom. The smallest absolute Gasteiger partial charge is 0.119 e. The van der Waals surface area contributed by atoms with E-state index in [1.54, 1.807) is 0 Å². The molecule has 0 aromatic heterocycles. The summed E-state index contributed by atoms with van der Waals surface area (Å²) in [5.41, 5.74) is 4.91. The van der Waals surface area contributed by atoms with Crippen LogP contribution >= 0.6 is 0 Å². The lowest BCUT2D eigenvalue weighted by Crippen LogP contribution is -2.42. The molecule has 2 atom stereocenters. The summed E-state index contributed by atoms with van der Waals surface area (Å²) >= 11 is 0. The monoisotopic (exact) mass is 249 g/mol. The van der Waals surface area contributed by atoms with Crippen LogP contribution in [-0.2, 0) is 6.42 Å². The summed E-state index contributed by atoms with van der Waals surface area (Å²) in [6.07, 6.45) is 3.11. The van der Waals surface area contributed by atoms with E-state index in [1.807, 2.05) is 0 Å². The fourth-order valence-electron chi connectivity index (χ4n) is 3.06. The molecule has 2 unspecified atom stereocenters. The van der Waals surface area contributed by atoms with Crippen LogP contribution in [0, 0.1) is 20.8 Å². The molecule has 1 N–H and O–H groups in total. The van der Waals surface area contributed by atoms with Gasteiger partial charge >= 0.3 is 0 Å². The molecule has 1 aliphatic heterocycles. The van der Waals surface area contributed by atoms with Crippen molar-refractivity contribution in [1.82, 2.24) is 5.32 Å². The quantitative estimate of drug-likeness (QED) is 0.862. The molecule has 1 aromatic rings. The SMILES string of the molecule is Cc1cc(C)c(CC(F)C2CCCCN2)c(C)c1. The van der Waals surface area contributed by atoms with Gasteiger partial charge < -0.3 is 5.32 Å². The molecule has 1 aromatic carbocycles. The predicted molar refractivity (Wildman–Crippen MR) is 74.9 cm³/mol. The van der Waals surface area contributed by atoms with Gasteiger partial charge in [-0.3, -0.25) is 0 Å². The van der Waals surface area contributed by atoms with E-state index in [0.717, 1.165) is 19.4 Å². The average molecular weight is 249 g/mol. The zero-order valence-electron chi connectivity index (χ0n) is 11.7. The molecular weight excluding hydrogens is 225 g/mol. The van der Waals surface area contributed by atoms with Crippen molar-refractivity contribution in [1.29, 1.82) is 0 Å². The van der Waals surface area contributed by atoms with Gasteiger partial charge in [-0.1, -0.05) is 24.1 Å². The van der Waals surface area contributed by atoms with E-state index in [0.29, 0.717) is 6.42 Å². The average Bonchev–Trinajstić information content (AvgIpc) is 2.34. The second kappa shape index (κ2) is 5.83. The van der Waals surface area contributed by atoms with E-state index in [-0.39, 0.29) is 6.04 Å². The lowest BCUT2D eigenvalue weighted by atomic mass is 9.91. The van der Waals surface area contributed by atoms with Gasteiger partial charge in [0.2, 0.25) is 0 Å². The normalized spacial score (nSPS) is 21.9. The Balaban J connectivity index is 2.08. The van der Waals surface area contributed by atoms with Crippen LogP contribution in [0.4, 0.5) is 4.39 Å². The maximum Gasteiger partial charge on any atom is 0.119 e. The topological polar surface area (TPSA) is 12.0 Å². The Bertz CT molecular complexity index is 385. The molecule has 18 heavy (non-hydrogen) atoms. The zero-order chi connectivity index (χ0) is 13.1. The number of hydrogen-bond donors (Lipinski definition) is 1. The van der Waals surface area contributed by atoms with E-state index in [2.05, 4.69) is 38.2 Å². The van der Waals surface area contributed by atoms with Gasteiger partial charge in [0.05, 0.1) is 0 Å². The molecule has 0 spiro atoms. The second-order valence-electron chi connectivity index (χ2n) is 5.65. The molecule has 0 radical (unpaired) electrons. The van der Waals surface area contributed by atoms with Gasteiger partial charge in [0.1, 0.15) is 6.17 Å². The standard InChI is InChI=1S/C16H24FN/c1-11-8-12(2)14(13(3)9-11)10-15(17)16-6-4-5-7-18-16/h8-9,15-16,18H,4-7,10H2,1-3H3. The molecule has 0 aliphatic carbocycles. The number of piperidine rings is 1. The highest BCUT2D eigenvalue weighted by molar-refractivity contribution is 5.38. The van der Waals surface area contributed by atoms with Crippen molar-refractivity contribution in [3.63, 3.8) is 0 Å². The van der Waals surface area contributed by atoms with Gasteiger partial charge in [-0.15, -0.1) is 0 Å². The molecule has 2 rings (SSSR count). The van der Waals surface area contributed by atoms with E-state index in [4.69, 9.17) is 0 Å². The summed E-state index contributed by atoms with van der Waals surface area (Å²) in [6, 6.07) is 4.37. The van der Waals surface area contributed by atoms with Gasteiger partial charge in [0.15, 0.2) is 0 Å². The van der Waals surface area contributed by atoms with Crippen molar-refractivity contribution in [3.8, 4) is 0 Å². The summed E-state index contributed by atoms with van der Waals surface area (Å²) in [4.78, 5) is 0. The number of hydrogen-bond acceptors (Lipinski definition) is 1. The Morgan fingerprint density at radius 2 is 1.89 bits per heavy atom. The Kier molecular flexibility index (Phi) is 4.39. The zero-order valence-corrected chi connectivity index (χ0v) is 11.7. The van der Waals surface area contributed by atoms with Crippen molar-refractivity contribution >= 4 is 0 Å². The van der Waals surface area contributed by atoms with Gasteiger partial charge in [-0.05, 0) is 56.8 Å². The van der Waals surface area contributed by atoms with Crippen LogP contribution in [0.2, 0.25) is 0 Å². The van der Waals surface area contributed by atoms with Crippen LogP contribution in [0.25, 0.3) is 0 Å². The third kappa shape index (κ3) is 3.11. The van der Waals surface area contributed by atoms with Crippen molar-refractivity contribution < 1.29 is 4.39 Å². The van der Waals surface area contributed by atoms with E-state index < -0.39 is 6.17 Å². The maximum atomic E-state index is 14.4. The van der Waals surface area contributed by atoms with Gasteiger partial charge in [0, 0.05) is 12.5 Å². The second-order valence-corrected chi connectivity index (χ2v) is 5.65. The van der Waals surface area contributed by atoms with Crippen LogP contribution in [0.3, 0.4) is 0 Å². The van der Waals surface area contributed by atoms with Crippen LogP contribution < -0.4 is 5.32 Å². The molecule has 1 heterocycles. The number of benzene rings is 1. The van der Waals surface area contributed by atoms with E-state index in [1.165, 1.54) is 28.7 Å². The fourth-order valence-corrected chi connectivity index (χ4v) is 3.06. The van der Waals surface area contributed by atoms with Crippen molar-refractivity contribution in [2.75, 3.05) is 6.54 Å². The molecular formula is C16H24FN. The van der Waals surface area contributed by atoms with E-state index >= 15 is 0 Å². The molecule has 1 fully saturated rings. The van der Waals surface area contributed by atoms with Crippen LogP contribution in [0.5, 0.6) is 0 Å². The Hall–Kier alpha value is -0.890. The highest BCUT2D eigenvalue weighted by atomic mass is 19.1. The highest BCUT2D eigenvalue weighted by Crippen LogP contribution is 2.22. The molecule has 100 valence electrons. The van der Waals surface area contributed by atoms with Crippen molar-refractivity contribution in [2.45, 2.75) is 58.7 Å². The minimum absolute atomic E-state index is 0.0545. The lowest BCUT2D eigenvalue weighted by molar-refractivity contribution is 0.216. The molecule has 1 aliphatic rings. The largest absolute Gasteiger partial charge is 0.311 e. The third-order valence-corrected chi connectivity index (χ3v) is 4.02. The first-order chi connectivity index (χ1) is 8.58. The molecule has 2 heteroatoms. The number of rotatable bonds is 3. The Labute approximate surface area is 110 Å². The van der Waals surface area contributed by atoms with Gasteiger partial charge in [0.25, 0.3) is 0 Å². The minimum Gasteiger partial charge on any atom is -0.311 e. The van der Waals surface area contributed by atoms with Gasteiger partial charge in [-0.25, -0.2) is 4.39 Å². The summed E-state index contributed by atoms with van der Waals surface area (Å²) in [5, 5.41) is 3.31. The maximum absolute atomic E-state index is 14.4. The van der Waals surface area contributed by atoms with Gasteiger partial charge in [-0.2, -0.15) is 0 Å². The summed E-state index contributed by atoms with van der Waals surface area (Å²) in [6.45, 7) is 7.25. The van der Waals surface area contributed by atoms with E-state index in [9.17, 15) is 4.39 Å². The Morgan fingerprint density at radius 3 is 2.44 bits per heavy atom. The molecule has 1 nitrogen and oxygen atoms in total. The lowest BCUT2D eigenvalue weighted by Gasteiger charge is -2.27. The summed E-state index contributed by atoms with van der Waals surface area (Å²) in [5.74, 6) is 0. The predicted octanol–water partition coefficient (Wildman–Crippen LogP) is 3.63.